The third-order valence-corrected chi connectivity index (χ3v) is 7.43. The summed E-state index contributed by atoms with van der Waals surface area (Å²) in [4.78, 5) is 12.9. The van der Waals surface area contributed by atoms with Crippen molar-refractivity contribution in [1.29, 1.82) is 0 Å². The predicted molar refractivity (Wildman–Crippen MR) is 172 cm³/mol. The van der Waals surface area contributed by atoms with Gasteiger partial charge in [0, 0.05) is 27.0 Å². The number of benzene rings is 4. The molecule has 0 bridgehead atoms. The maximum absolute atomic E-state index is 12.9. The minimum absolute atomic E-state index is 0.301. The van der Waals surface area contributed by atoms with Gasteiger partial charge in [-0.15, -0.1) is 0 Å². The first kappa shape index (κ1) is 28.9. The van der Waals surface area contributed by atoms with Crippen LogP contribution in [0, 0.1) is 13.8 Å². The lowest BCUT2D eigenvalue weighted by molar-refractivity contribution is 0.0955. The van der Waals surface area contributed by atoms with Crippen molar-refractivity contribution < 1.29 is 14.3 Å². The molecule has 42 heavy (non-hydrogen) atoms. The first-order chi connectivity index (χ1) is 20.4. The van der Waals surface area contributed by atoms with Crippen LogP contribution in [0.2, 0.25) is 0 Å². The largest absolute Gasteiger partial charge is 0.490 e. The molecule has 7 heteroatoms. The summed E-state index contributed by atoms with van der Waals surface area (Å²) in [6.07, 6.45) is 1.58. The molecule has 0 atom stereocenters. The normalized spacial score (nSPS) is 11.0. The molecule has 6 nitrogen and oxygen atoms in total. The molecule has 212 valence electrons. The zero-order chi connectivity index (χ0) is 29.5. The van der Waals surface area contributed by atoms with Gasteiger partial charge in [0.15, 0.2) is 11.5 Å². The van der Waals surface area contributed by atoms with Gasteiger partial charge in [0.05, 0.1) is 18.5 Å². The summed E-state index contributed by atoms with van der Waals surface area (Å²) in [6, 6.07) is 33.8. The quantitative estimate of drug-likeness (QED) is 0.126. The molecule has 0 saturated carbocycles. The van der Waals surface area contributed by atoms with Crippen LogP contribution in [0.25, 0.3) is 16.9 Å². The number of carbonyl (C=O) groups is 1. The summed E-state index contributed by atoms with van der Waals surface area (Å²) in [5.74, 6) is 0.927. The number of halogens is 1. The van der Waals surface area contributed by atoms with Crippen molar-refractivity contribution in [3.8, 4) is 28.4 Å². The van der Waals surface area contributed by atoms with Crippen LogP contribution in [-0.4, -0.2) is 23.3 Å². The summed E-state index contributed by atoms with van der Waals surface area (Å²) in [5.41, 5.74) is 10.5. The second-order valence-electron chi connectivity index (χ2n) is 9.84. The monoisotopic (exact) mass is 621 g/mol. The second-order valence-corrected chi connectivity index (χ2v) is 10.7. The van der Waals surface area contributed by atoms with Crippen LogP contribution in [0.1, 0.15) is 39.7 Å². The summed E-state index contributed by atoms with van der Waals surface area (Å²) in [6.45, 7) is 6.96. The number of aromatic nitrogens is 1. The van der Waals surface area contributed by atoms with Crippen LogP contribution in [0.4, 0.5) is 0 Å². The molecular weight excluding hydrogens is 590 g/mol. The van der Waals surface area contributed by atoms with Crippen LogP contribution in [0.5, 0.6) is 11.5 Å². The first-order valence-electron chi connectivity index (χ1n) is 13.7. The molecule has 0 fully saturated rings. The van der Waals surface area contributed by atoms with Crippen LogP contribution in [-0.2, 0) is 6.61 Å². The molecule has 0 aliphatic rings. The topological polar surface area (TPSA) is 64.8 Å². The third-order valence-electron chi connectivity index (χ3n) is 6.74. The molecule has 0 spiro atoms. The standard InChI is InChI=1S/C35H32BrN3O3/c1-4-41-33-20-29(31(36)21-34(33)42-23-26-10-8-9-24(2)19-26)22-37-38-35(40)28-14-16-30(17-15-28)39-25(3)13-18-32(39)27-11-6-5-7-12-27/h5-22H,4,23H2,1-3H3,(H,38,40)/b37-22+. The average molecular weight is 623 g/mol. The van der Waals surface area contributed by atoms with E-state index in [-0.39, 0.29) is 5.91 Å². The minimum atomic E-state index is -0.301. The van der Waals surface area contributed by atoms with Crippen molar-refractivity contribution in [1.82, 2.24) is 9.99 Å². The van der Waals surface area contributed by atoms with Gasteiger partial charge < -0.3 is 14.0 Å². The van der Waals surface area contributed by atoms with Crippen molar-refractivity contribution in [2.45, 2.75) is 27.4 Å². The lowest BCUT2D eigenvalue weighted by Crippen LogP contribution is -2.17. The SMILES string of the molecule is CCOc1cc(/C=N/NC(=O)c2ccc(-n3c(C)ccc3-c3ccccc3)cc2)c(Br)cc1OCc1cccc(C)c1. The Kier molecular flexibility index (Phi) is 9.19. The highest BCUT2D eigenvalue weighted by Crippen LogP contribution is 2.34. The van der Waals surface area contributed by atoms with Crippen molar-refractivity contribution in [2.24, 2.45) is 5.10 Å². The molecule has 1 heterocycles. The Morgan fingerprint density at radius 1 is 0.881 bits per heavy atom. The van der Waals surface area contributed by atoms with Crippen LogP contribution >= 0.6 is 15.9 Å². The van der Waals surface area contributed by atoms with E-state index in [1.54, 1.807) is 18.3 Å². The molecule has 0 saturated heterocycles. The fraction of sp³-hybridized carbons (Fsp3) is 0.143. The summed E-state index contributed by atoms with van der Waals surface area (Å²) in [7, 11) is 0. The highest BCUT2D eigenvalue weighted by Gasteiger charge is 2.13. The Morgan fingerprint density at radius 3 is 2.38 bits per heavy atom. The Balaban J connectivity index is 1.27. The summed E-state index contributed by atoms with van der Waals surface area (Å²) >= 11 is 3.60. The van der Waals surface area contributed by atoms with Gasteiger partial charge in [0.2, 0.25) is 0 Å². The van der Waals surface area contributed by atoms with E-state index in [0.717, 1.165) is 38.2 Å². The van der Waals surface area contributed by atoms with E-state index in [0.29, 0.717) is 30.3 Å². The van der Waals surface area contributed by atoms with Gasteiger partial charge in [0.1, 0.15) is 6.61 Å². The smallest absolute Gasteiger partial charge is 0.271 e. The highest BCUT2D eigenvalue weighted by atomic mass is 79.9. The lowest BCUT2D eigenvalue weighted by Gasteiger charge is -2.14. The highest BCUT2D eigenvalue weighted by molar-refractivity contribution is 9.10. The van der Waals surface area contributed by atoms with E-state index in [1.807, 2.05) is 61.5 Å². The lowest BCUT2D eigenvalue weighted by atomic mass is 10.1. The van der Waals surface area contributed by atoms with E-state index >= 15 is 0 Å². The van der Waals surface area contributed by atoms with Crippen molar-refractivity contribution in [2.75, 3.05) is 6.61 Å². The Bertz CT molecular complexity index is 1710. The number of carbonyl (C=O) groups excluding carboxylic acids is 1. The number of hydrazone groups is 1. The molecule has 0 unspecified atom stereocenters. The molecule has 5 rings (SSSR count). The Labute approximate surface area is 254 Å². The van der Waals surface area contributed by atoms with E-state index in [9.17, 15) is 4.79 Å². The molecule has 1 N–H and O–H groups in total. The third kappa shape index (κ3) is 6.81. The molecule has 0 radical (unpaired) electrons. The molecule has 0 aliphatic heterocycles. The molecule has 1 amide bonds. The number of rotatable bonds is 10. The second kappa shape index (κ2) is 13.4. The van der Waals surface area contributed by atoms with E-state index in [4.69, 9.17) is 9.47 Å². The summed E-state index contributed by atoms with van der Waals surface area (Å²) < 4.78 is 14.8. The molecule has 1 aromatic heterocycles. The fourth-order valence-electron chi connectivity index (χ4n) is 4.70. The van der Waals surface area contributed by atoms with Crippen molar-refractivity contribution in [3.63, 3.8) is 0 Å². The number of nitrogens with one attached hydrogen (secondary N) is 1. The van der Waals surface area contributed by atoms with Gasteiger partial charge in [-0.1, -0.05) is 60.2 Å². The maximum atomic E-state index is 12.9. The predicted octanol–water partition coefficient (Wildman–Crippen LogP) is 8.27. The van der Waals surface area contributed by atoms with Crippen LogP contribution in [0.15, 0.2) is 113 Å². The number of hydrogen-bond acceptors (Lipinski definition) is 4. The average Bonchev–Trinajstić information content (AvgIpc) is 3.39. The van der Waals surface area contributed by atoms with Crippen LogP contribution < -0.4 is 14.9 Å². The molecular formula is C35H32BrN3O3. The maximum Gasteiger partial charge on any atom is 0.271 e. The zero-order valence-corrected chi connectivity index (χ0v) is 25.4. The van der Waals surface area contributed by atoms with Gasteiger partial charge in [-0.3, -0.25) is 4.79 Å². The first-order valence-corrected chi connectivity index (χ1v) is 14.5. The summed E-state index contributed by atoms with van der Waals surface area (Å²) in [5, 5.41) is 4.20. The minimum Gasteiger partial charge on any atom is -0.490 e. The number of hydrogen-bond donors (Lipinski definition) is 1. The van der Waals surface area contributed by atoms with Gasteiger partial charge in [0.25, 0.3) is 5.91 Å². The van der Waals surface area contributed by atoms with Gasteiger partial charge >= 0.3 is 0 Å². The zero-order valence-electron chi connectivity index (χ0n) is 23.8. The molecule has 0 aliphatic carbocycles. The van der Waals surface area contributed by atoms with Gasteiger partial charge in [-0.2, -0.15) is 5.10 Å². The van der Waals surface area contributed by atoms with E-state index in [1.165, 1.54) is 5.56 Å². The number of ether oxygens (including phenoxy) is 2. The van der Waals surface area contributed by atoms with E-state index < -0.39 is 0 Å². The number of aryl methyl sites for hydroxylation is 2. The van der Waals surface area contributed by atoms with Gasteiger partial charge in [-0.05, 0) is 96.4 Å². The van der Waals surface area contributed by atoms with E-state index in [2.05, 4.69) is 81.3 Å². The molecule has 4 aromatic carbocycles. The van der Waals surface area contributed by atoms with Crippen molar-refractivity contribution >= 4 is 28.1 Å². The fourth-order valence-corrected chi connectivity index (χ4v) is 5.12. The van der Waals surface area contributed by atoms with Gasteiger partial charge in [-0.25, -0.2) is 5.43 Å². The molecule has 5 aromatic rings. The Morgan fingerprint density at radius 2 is 1.64 bits per heavy atom. The van der Waals surface area contributed by atoms with Crippen LogP contribution in [0.3, 0.4) is 0 Å². The Hall–Kier alpha value is -4.62. The number of amides is 1. The number of nitrogens with zero attached hydrogens (tertiary/aromatic N) is 2. The van der Waals surface area contributed by atoms with Crippen molar-refractivity contribution in [3.05, 3.63) is 136 Å².